The topological polar surface area (TPSA) is 51.8 Å². The molecule has 0 fully saturated rings. The molecule has 1 heterocycles. The Balaban J connectivity index is 2.49. The van der Waals surface area contributed by atoms with E-state index >= 15 is 0 Å². The van der Waals surface area contributed by atoms with E-state index in [9.17, 15) is 0 Å². The van der Waals surface area contributed by atoms with Gasteiger partial charge in [-0.1, -0.05) is 12.1 Å². The fourth-order valence-electron chi connectivity index (χ4n) is 1.52. The zero-order valence-corrected chi connectivity index (χ0v) is 8.86. The fraction of sp³-hybridized carbons (Fsp3) is 0.167. The lowest BCUT2D eigenvalue weighted by molar-refractivity contribution is 1.02. The zero-order chi connectivity index (χ0) is 10.8. The second-order valence-electron chi connectivity index (χ2n) is 3.56. The summed E-state index contributed by atoms with van der Waals surface area (Å²) in [5, 5.41) is 0. The Kier molecular flexibility index (Phi) is 2.37. The second kappa shape index (κ2) is 3.69. The standard InChI is InChI=1S/C12H13N3/c1-8-7-12(15-9(2)14-8)10-3-5-11(13)6-4-10/h3-7H,13H2,1-2H3. The SMILES string of the molecule is Cc1cc(-c2ccc(N)cc2)nc(C)n1. The van der Waals surface area contributed by atoms with Crippen LogP contribution in [-0.4, -0.2) is 9.97 Å². The Morgan fingerprint density at radius 3 is 2.27 bits per heavy atom. The molecule has 0 saturated carbocycles. The van der Waals surface area contributed by atoms with Crippen LogP contribution < -0.4 is 5.73 Å². The lowest BCUT2D eigenvalue weighted by atomic mass is 10.1. The van der Waals surface area contributed by atoms with Gasteiger partial charge in [0.1, 0.15) is 5.82 Å². The van der Waals surface area contributed by atoms with E-state index in [4.69, 9.17) is 5.73 Å². The first-order valence-electron chi connectivity index (χ1n) is 4.83. The second-order valence-corrected chi connectivity index (χ2v) is 3.56. The number of hydrogen-bond acceptors (Lipinski definition) is 3. The Bertz CT molecular complexity index is 454. The van der Waals surface area contributed by atoms with Crippen molar-refractivity contribution < 1.29 is 0 Å². The molecule has 0 atom stereocenters. The van der Waals surface area contributed by atoms with Crippen molar-refractivity contribution in [3.63, 3.8) is 0 Å². The monoisotopic (exact) mass is 199 g/mol. The van der Waals surface area contributed by atoms with Crippen LogP contribution in [0.4, 0.5) is 5.69 Å². The molecule has 3 nitrogen and oxygen atoms in total. The van der Waals surface area contributed by atoms with Gasteiger partial charge in [0.15, 0.2) is 0 Å². The van der Waals surface area contributed by atoms with Crippen LogP contribution >= 0.6 is 0 Å². The van der Waals surface area contributed by atoms with Gasteiger partial charge in [0.25, 0.3) is 0 Å². The van der Waals surface area contributed by atoms with Crippen LogP contribution in [0.5, 0.6) is 0 Å². The van der Waals surface area contributed by atoms with Crippen molar-refractivity contribution in [1.29, 1.82) is 0 Å². The molecule has 2 N–H and O–H groups in total. The van der Waals surface area contributed by atoms with E-state index in [1.165, 1.54) is 0 Å². The lowest BCUT2D eigenvalue weighted by Gasteiger charge is -2.03. The van der Waals surface area contributed by atoms with Crippen LogP contribution in [-0.2, 0) is 0 Å². The number of anilines is 1. The summed E-state index contributed by atoms with van der Waals surface area (Å²) in [6, 6.07) is 9.66. The summed E-state index contributed by atoms with van der Waals surface area (Å²) in [7, 11) is 0. The molecule has 0 spiro atoms. The van der Waals surface area contributed by atoms with Gasteiger partial charge in [0.05, 0.1) is 5.69 Å². The fourth-order valence-corrected chi connectivity index (χ4v) is 1.52. The predicted molar refractivity (Wildman–Crippen MR) is 61.4 cm³/mol. The van der Waals surface area contributed by atoms with Crippen LogP contribution in [0.25, 0.3) is 11.3 Å². The highest BCUT2D eigenvalue weighted by atomic mass is 14.9. The number of benzene rings is 1. The van der Waals surface area contributed by atoms with Gasteiger partial charge in [-0.2, -0.15) is 0 Å². The molecule has 15 heavy (non-hydrogen) atoms. The zero-order valence-electron chi connectivity index (χ0n) is 8.86. The van der Waals surface area contributed by atoms with Crippen LogP contribution in [0.1, 0.15) is 11.5 Å². The van der Waals surface area contributed by atoms with E-state index in [2.05, 4.69) is 9.97 Å². The summed E-state index contributed by atoms with van der Waals surface area (Å²) >= 11 is 0. The van der Waals surface area contributed by atoms with Crippen molar-refractivity contribution in [3.05, 3.63) is 41.9 Å². The number of aromatic nitrogens is 2. The van der Waals surface area contributed by atoms with E-state index in [0.29, 0.717) is 0 Å². The number of nitrogens with zero attached hydrogens (tertiary/aromatic N) is 2. The lowest BCUT2D eigenvalue weighted by Crippen LogP contribution is -1.94. The van der Waals surface area contributed by atoms with Gasteiger partial charge in [-0.25, -0.2) is 9.97 Å². The van der Waals surface area contributed by atoms with E-state index in [-0.39, 0.29) is 0 Å². The minimum Gasteiger partial charge on any atom is -0.399 e. The first-order valence-corrected chi connectivity index (χ1v) is 4.83. The molecule has 0 unspecified atom stereocenters. The summed E-state index contributed by atoms with van der Waals surface area (Å²) in [4.78, 5) is 8.62. The van der Waals surface area contributed by atoms with Crippen molar-refractivity contribution in [1.82, 2.24) is 9.97 Å². The van der Waals surface area contributed by atoms with Crippen LogP contribution in [0, 0.1) is 13.8 Å². The summed E-state index contributed by atoms with van der Waals surface area (Å²) in [5.41, 5.74) is 9.39. The summed E-state index contributed by atoms with van der Waals surface area (Å²) in [6.45, 7) is 3.86. The Morgan fingerprint density at radius 2 is 1.67 bits per heavy atom. The highest BCUT2D eigenvalue weighted by Gasteiger charge is 2.01. The quantitative estimate of drug-likeness (QED) is 0.717. The molecule has 3 heteroatoms. The van der Waals surface area contributed by atoms with E-state index in [1.54, 1.807) is 0 Å². The van der Waals surface area contributed by atoms with Gasteiger partial charge in [-0.15, -0.1) is 0 Å². The van der Waals surface area contributed by atoms with E-state index in [0.717, 1.165) is 28.5 Å². The molecule has 0 aliphatic heterocycles. The molecule has 0 radical (unpaired) electrons. The van der Waals surface area contributed by atoms with Gasteiger partial charge >= 0.3 is 0 Å². The van der Waals surface area contributed by atoms with Crippen molar-refractivity contribution in [2.45, 2.75) is 13.8 Å². The largest absolute Gasteiger partial charge is 0.399 e. The molecule has 0 aliphatic rings. The van der Waals surface area contributed by atoms with Gasteiger partial charge in [0.2, 0.25) is 0 Å². The molecule has 2 rings (SSSR count). The third-order valence-electron chi connectivity index (χ3n) is 2.17. The molecule has 0 amide bonds. The van der Waals surface area contributed by atoms with Gasteiger partial charge in [-0.05, 0) is 32.0 Å². The third kappa shape index (κ3) is 2.13. The highest BCUT2D eigenvalue weighted by molar-refractivity contribution is 5.62. The number of nitrogens with two attached hydrogens (primary N) is 1. The maximum Gasteiger partial charge on any atom is 0.126 e. The van der Waals surface area contributed by atoms with Crippen molar-refractivity contribution in [3.8, 4) is 11.3 Å². The molecular formula is C12H13N3. The smallest absolute Gasteiger partial charge is 0.126 e. The van der Waals surface area contributed by atoms with Gasteiger partial charge in [-0.3, -0.25) is 0 Å². The highest BCUT2D eigenvalue weighted by Crippen LogP contribution is 2.18. The number of aryl methyl sites for hydroxylation is 2. The van der Waals surface area contributed by atoms with Gasteiger partial charge < -0.3 is 5.73 Å². The van der Waals surface area contributed by atoms with Crippen molar-refractivity contribution in [2.24, 2.45) is 0 Å². The summed E-state index contributed by atoms with van der Waals surface area (Å²) < 4.78 is 0. The van der Waals surface area contributed by atoms with Crippen LogP contribution in [0.2, 0.25) is 0 Å². The average Bonchev–Trinajstić information content (AvgIpc) is 2.17. The maximum absolute atomic E-state index is 5.63. The maximum atomic E-state index is 5.63. The first kappa shape index (κ1) is 9.65. The minimum absolute atomic E-state index is 0.765. The molecule has 76 valence electrons. The first-order chi connectivity index (χ1) is 7.15. The third-order valence-corrected chi connectivity index (χ3v) is 2.17. The molecule has 0 saturated heterocycles. The Hall–Kier alpha value is -1.90. The summed E-state index contributed by atoms with van der Waals surface area (Å²) in [6.07, 6.45) is 0. The molecule has 1 aromatic carbocycles. The van der Waals surface area contributed by atoms with Crippen molar-refractivity contribution in [2.75, 3.05) is 5.73 Å². The average molecular weight is 199 g/mol. The number of nitrogen functional groups attached to an aromatic ring is 1. The van der Waals surface area contributed by atoms with Crippen LogP contribution in [0.15, 0.2) is 30.3 Å². The molecule has 0 aliphatic carbocycles. The Labute approximate surface area is 89.0 Å². The summed E-state index contributed by atoms with van der Waals surface area (Å²) in [5.74, 6) is 0.793. The normalized spacial score (nSPS) is 10.3. The number of hydrogen-bond donors (Lipinski definition) is 1. The Morgan fingerprint density at radius 1 is 1.00 bits per heavy atom. The van der Waals surface area contributed by atoms with E-state index in [1.807, 2.05) is 44.2 Å². The molecular weight excluding hydrogens is 186 g/mol. The van der Waals surface area contributed by atoms with Crippen molar-refractivity contribution >= 4 is 5.69 Å². The minimum atomic E-state index is 0.765. The molecule has 1 aromatic heterocycles. The number of rotatable bonds is 1. The molecule has 0 bridgehead atoms. The predicted octanol–water partition coefficient (Wildman–Crippen LogP) is 2.34. The van der Waals surface area contributed by atoms with E-state index < -0.39 is 0 Å². The molecule has 2 aromatic rings. The van der Waals surface area contributed by atoms with Crippen LogP contribution in [0.3, 0.4) is 0 Å². The van der Waals surface area contributed by atoms with Gasteiger partial charge in [0, 0.05) is 16.9 Å².